The predicted octanol–water partition coefficient (Wildman–Crippen LogP) is 7.64. The summed E-state index contributed by atoms with van der Waals surface area (Å²) in [4.78, 5) is 0. The van der Waals surface area contributed by atoms with Crippen LogP contribution in [0.15, 0.2) is 60.8 Å². The maximum Gasteiger partial charge on any atom is 0.295 e. The molecule has 5 heteroatoms. The number of fused-ring (bicyclic) bond motifs is 6. The van der Waals surface area contributed by atoms with E-state index in [1.54, 1.807) is 0 Å². The first-order valence-electron chi connectivity index (χ1n) is 14.5. The van der Waals surface area contributed by atoms with Crippen molar-refractivity contribution in [2.24, 2.45) is 18.9 Å². The lowest BCUT2D eigenvalue weighted by Gasteiger charge is -2.17. The molecule has 3 aromatic carbocycles. The Balaban J connectivity index is 1.78. The lowest BCUT2D eigenvalue weighted by molar-refractivity contribution is -0.643. The van der Waals surface area contributed by atoms with E-state index in [9.17, 15) is 0 Å². The molecule has 5 nitrogen and oxygen atoms in total. The normalized spacial score (nSPS) is 12.2. The summed E-state index contributed by atoms with van der Waals surface area (Å²) in [6.07, 6.45) is 4.46. The summed E-state index contributed by atoms with van der Waals surface area (Å²) in [7, 11) is 2.20. The Morgan fingerprint density at radius 1 is 0.775 bits per heavy atom. The smallest absolute Gasteiger partial charge is 0.283 e. The molecule has 40 heavy (non-hydrogen) atoms. The molecule has 0 amide bonds. The van der Waals surface area contributed by atoms with Crippen molar-refractivity contribution in [1.29, 1.82) is 0 Å². The van der Waals surface area contributed by atoms with Crippen LogP contribution in [-0.4, -0.2) is 19.2 Å². The molecule has 0 unspecified atom stereocenters. The van der Waals surface area contributed by atoms with Gasteiger partial charge in [0.05, 0.1) is 12.4 Å². The van der Waals surface area contributed by atoms with E-state index in [4.69, 9.17) is 0 Å². The first kappa shape index (κ1) is 26.2. The van der Waals surface area contributed by atoms with Crippen LogP contribution < -0.4 is 4.57 Å². The highest BCUT2D eigenvalue weighted by molar-refractivity contribution is 6.13. The van der Waals surface area contributed by atoms with Crippen LogP contribution in [0.1, 0.15) is 56.0 Å². The molecule has 204 valence electrons. The number of hydrogen-bond acceptors (Lipinski definition) is 2. The van der Waals surface area contributed by atoms with Crippen LogP contribution in [0.4, 0.5) is 0 Å². The van der Waals surface area contributed by atoms with Gasteiger partial charge in [-0.05, 0) is 80.3 Å². The summed E-state index contributed by atoms with van der Waals surface area (Å²) in [5.74, 6) is 2.94. The second-order valence-corrected chi connectivity index (χ2v) is 12.3. The van der Waals surface area contributed by atoms with Gasteiger partial charge in [-0.15, -0.1) is 10.2 Å². The summed E-state index contributed by atoms with van der Waals surface area (Å²) < 4.78 is 6.99. The fourth-order valence-corrected chi connectivity index (χ4v) is 6.59. The van der Waals surface area contributed by atoms with Crippen molar-refractivity contribution in [3.8, 4) is 16.9 Å². The zero-order valence-electron chi connectivity index (χ0n) is 25.1. The van der Waals surface area contributed by atoms with E-state index in [1.165, 1.54) is 55.3 Å². The van der Waals surface area contributed by atoms with Crippen LogP contribution in [0, 0.1) is 32.6 Å². The molecule has 0 aliphatic rings. The van der Waals surface area contributed by atoms with E-state index in [-0.39, 0.29) is 0 Å². The molecule has 0 atom stereocenters. The second-order valence-electron chi connectivity index (χ2n) is 12.3. The van der Waals surface area contributed by atoms with Crippen LogP contribution in [0.25, 0.3) is 44.3 Å². The van der Waals surface area contributed by atoms with E-state index in [0.29, 0.717) is 11.8 Å². The van der Waals surface area contributed by atoms with Crippen LogP contribution in [0.2, 0.25) is 0 Å². The van der Waals surface area contributed by atoms with Crippen molar-refractivity contribution >= 4 is 27.3 Å². The fraction of sp³-hybridized carbons (Fsp3) is 0.343. The van der Waals surface area contributed by atoms with Gasteiger partial charge in [0.25, 0.3) is 5.65 Å². The van der Waals surface area contributed by atoms with Gasteiger partial charge in [-0.25, -0.2) is 4.57 Å². The number of aryl methyl sites for hydroxylation is 4. The Morgan fingerprint density at radius 2 is 1.40 bits per heavy atom. The monoisotopic (exact) mass is 530 g/mol. The maximum atomic E-state index is 4.33. The minimum Gasteiger partial charge on any atom is -0.283 e. The van der Waals surface area contributed by atoms with E-state index in [0.717, 1.165) is 30.2 Å². The summed E-state index contributed by atoms with van der Waals surface area (Å²) in [6.45, 7) is 15.5. The van der Waals surface area contributed by atoms with Gasteiger partial charge in [-0.1, -0.05) is 64.1 Å². The van der Waals surface area contributed by atoms with Crippen molar-refractivity contribution in [3.63, 3.8) is 0 Å². The molecule has 3 aromatic heterocycles. The number of nitrogens with zero attached hydrogens (tertiary/aromatic N) is 5. The molecule has 6 rings (SSSR count). The average molecular weight is 531 g/mol. The van der Waals surface area contributed by atoms with Gasteiger partial charge < -0.3 is 0 Å². The van der Waals surface area contributed by atoms with Gasteiger partial charge in [-0.3, -0.25) is 4.57 Å². The standard InChI is InChI=1S/C35H40N5/c1-21(2)17-26-12-10-13-27(18-22(3)4)34(26)32-20-38(8)35-33-23(5)11-9-14-29(33)30-19-28(15-16-31(30)40(32)35)39-24(6)36-37-25(39)7/h9-16,19-22H,17-18H2,1-8H3/q+1. The van der Waals surface area contributed by atoms with E-state index >= 15 is 0 Å². The Morgan fingerprint density at radius 3 is 2.02 bits per heavy atom. The maximum absolute atomic E-state index is 4.33. The van der Waals surface area contributed by atoms with Gasteiger partial charge in [0.2, 0.25) is 0 Å². The summed E-state index contributed by atoms with van der Waals surface area (Å²) in [5, 5.41) is 12.5. The average Bonchev–Trinajstić information content (AvgIpc) is 3.41. The highest BCUT2D eigenvalue weighted by atomic mass is 15.3. The quantitative estimate of drug-likeness (QED) is 0.164. The van der Waals surface area contributed by atoms with E-state index in [1.807, 2.05) is 13.8 Å². The summed E-state index contributed by atoms with van der Waals surface area (Å²) in [5.41, 5.74) is 10.3. The van der Waals surface area contributed by atoms with E-state index < -0.39 is 0 Å². The number of rotatable bonds is 6. The molecule has 0 saturated carbocycles. The highest BCUT2D eigenvalue weighted by Crippen LogP contribution is 2.38. The first-order valence-corrected chi connectivity index (χ1v) is 14.5. The molecule has 3 heterocycles. The molecule has 0 aliphatic carbocycles. The summed E-state index contributed by atoms with van der Waals surface area (Å²) in [6, 6.07) is 20.4. The number of benzene rings is 3. The Kier molecular flexibility index (Phi) is 6.48. The van der Waals surface area contributed by atoms with Crippen molar-refractivity contribution < 1.29 is 4.57 Å². The van der Waals surface area contributed by atoms with Gasteiger partial charge in [0.1, 0.15) is 23.4 Å². The van der Waals surface area contributed by atoms with Gasteiger partial charge >= 0.3 is 0 Å². The zero-order valence-corrected chi connectivity index (χ0v) is 25.1. The number of hydrogen-bond donors (Lipinski definition) is 0. The third-order valence-electron chi connectivity index (χ3n) is 8.10. The highest BCUT2D eigenvalue weighted by Gasteiger charge is 2.27. The molecule has 0 radical (unpaired) electrons. The lowest BCUT2D eigenvalue weighted by Crippen LogP contribution is -2.26. The van der Waals surface area contributed by atoms with Crippen molar-refractivity contribution in [2.75, 3.05) is 0 Å². The number of imidazole rings is 1. The second kappa shape index (κ2) is 9.88. The van der Waals surface area contributed by atoms with Crippen molar-refractivity contribution in [2.45, 2.75) is 61.3 Å². The number of pyridine rings is 1. The van der Waals surface area contributed by atoms with Gasteiger partial charge in [0, 0.05) is 22.0 Å². The van der Waals surface area contributed by atoms with Crippen molar-refractivity contribution in [1.82, 2.24) is 19.2 Å². The Bertz CT molecular complexity index is 1850. The molecule has 0 bridgehead atoms. The van der Waals surface area contributed by atoms with Crippen LogP contribution in [0.3, 0.4) is 0 Å². The molecular formula is C35H40N5+. The van der Waals surface area contributed by atoms with Crippen LogP contribution >= 0.6 is 0 Å². The fourth-order valence-electron chi connectivity index (χ4n) is 6.59. The topological polar surface area (TPSA) is 39.0 Å². The Hall–Kier alpha value is -3.99. The predicted molar refractivity (Wildman–Crippen MR) is 165 cm³/mol. The Labute approximate surface area is 237 Å². The van der Waals surface area contributed by atoms with Gasteiger partial charge in [0.15, 0.2) is 5.69 Å². The van der Waals surface area contributed by atoms with Crippen LogP contribution in [0.5, 0.6) is 0 Å². The number of aromatic nitrogens is 5. The molecule has 0 saturated heterocycles. The molecule has 6 aromatic rings. The minimum atomic E-state index is 0.575. The molecule has 0 fully saturated rings. The molecule has 0 N–H and O–H groups in total. The zero-order chi connectivity index (χ0) is 28.3. The SMILES string of the molecule is Cc1cccc2c3cc(-n4c(C)nnc4C)ccc3n3c(-c4c(CC(C)C)cccc4CC(C)C)c[n+](C)c3c12. The van der Waals surface area contributed by atoms with Gasteiger partial charge in [-0.2, -0.15) is 4.40 Å². The third kappa shape index (κ3) is 4.19. The third-order valence-corrected chi connectivity index (χ3v) is 8.10. The lowest BCUT2D eigenvalue weighted by atomic mass is 9.89. The summed E-state index contributed by atoms with van der Waals surface area (Å²) >= 11 is 0. The molecular weight excluding hydrogens is 490 g/mol. The molecule has 0 spiro atoms. The minimum absolute atomic E-state index is 0.575. The molecule has 0 aliphatic heterocycles. The largest absolute Gasteiger partial charge is 0.295 e. The van der Waals surface area contributed by atoms with E-state index in [2.05, 4.69) is 126 Å². The van der Waals surface area contributed by atoms with Crippen molar-refractivity contribution in [3.05, 3.63) is 89.1 Å². The van der Waals surface area contributed by atoms with Crippen LogP contribution in [-0.2, 0) is 19.9 Å². The first-order chi connectivity index (χ1) is 19.2.